The number of nitrogens with one attached hydrogen (secondary N) is 1. The summed E-state index contributed by atoms with van der Waals surface area (Å²) in [5.41, 5.74) is 7.70. The number of nitriles is 1. The molecule has 0 saturated carbocycles. The molecule has 1 amide bonds. The van der Waals surface area contributed by atoms with Crippen LogP contribution in [0, 0.1) is 11.3 Å². The van der Waals surface area contributed by atoms with Crippen molar-refractivity contribution >= 4 is 17.3 Å². The highest BCUT2D eigenvalue weighted by Gasteiger charge is 2.12. The highest BCUT2D eigenvalue weighted by Crippen LogP contribution is 2.22. The van der Waals surface area contributed by atoms with E-state index >= 15 is 0 Å². The molecule has 0 spiro atoms. The topological polar surface area (TPSA) is 88.1 Å². The molecule has 0 fully saturated rings. The third-order valence-electron chi connectivity index (χ3n) is 2.74. The molecule has 0 saturated heterocycles. The summed E-state index contributed by atoms with van der Waals surface area (Å²) in [6.45, 7) is 0. The number of nitrogens with zero attached hydrogens (tertiary/aromatic N) is 1. The Bertz CT molecular complexity index is 673. The maximum absolute atomic E-state index is 12.2. The van der Waals surface area contributed by atoms with Gasteiger partial charge in [-0.3, -0.25) is 4.79 Å². The number of nitrogens with two attached hydrogens (primary N) is 1. The molecule has 0 aliphatic heterocycles. The first-order chi connectivity index (χ1) is 9.63. The Morgan fingerprint density at radius 2 is 1.95 bits per heavy atom. The van der Waals surface area contributed by atoms with Crippen LogP contribution in [0.3, 0.4) is 0 Å². The van der Waals surface area contributed by atoms with Crippen LogP contribution in [0.25, 0.3) is 0 Å². The van der Waals surface area contributed by atoms with E-state index in [1.54, 1.807) is 42.5 Å². The molecule has 0 unspecified atom stereocenters. The van der Waals surface area contributed by atoms with Gasteiger partial charge < -0.3 is 15.8 Å². The molecule has 0 aliphatic rings. The van der Waals surface area contributed by atoms with Crippen LogP contribution in [0.1, 0.15) is 15.9 Å². The second-order valence-electron chi connectivity index (χ2n) is 4.10. The van der Waals surface area contributed by atoms with Crippen molar-refractivity contribution in [3.63, 3.8) is 0 Å². The van der Waals surface area contributed by atoms with E-state index < -0.39 is 0 Å². The number of hydrogen-bond donors (Lipinski definition) is 2. The van der Waals surface area contributed by atoms with Crippen LogP contribution >= 0.6 is 0 Å². The van der Waals surface area contributed by atoms with Gasteiger partial charge in [0.15, 0.2) is 0 Å². The summed E-state index contributed by atoms with van der Waals surface area (Å²) < 4.78 is 5.14. The van der Waals surface area contributed by atoms with Crippen molar-refractivity contribution in [2.75, 3.05) is 18.2 Å². The summed E-state index contributed by atoms with van der Waals surface area (Å²) >= 11 is 0. The van der Waals surface area contributed by atoms with Crippen LogP contribution in [-0.4, -0.2) is 13.0 Å². The van der Waals surface area contributed by atoms with Crippen molar-refractivity contribution in [1.29, 1.82) is 5.26 Å². The predicted octanol–water partition coefficient (Wildman–Crippen LogP) is 2.40. The van der Waals surface area contributed by atoms with Gasteiger partial charge in [0.25, 0.3) is 5.91 Å². The number of ether oxygens (including phenoxy) is 1. The Morgan fingerprint density at radius 3 is 2.55 bits per heavy atom. The van der Waals surface area contributed by atoms with E-state index in [9.17, 15) is 4.79 Å². The quantitative estimate of drug-likeness (QED) is 0.836. The maximum Gasteiger partial charge on any atom is 0.259 e. The summed E-state index contributed by atoms with van der Waals surface area (Å²) in [5.74, 6) is 0.114. The molecule has 0 bridgehead atoms. The number of nitrogen functional groups attached to an aromatic ring is 1. The second kappa shape index (κ2) is 5.76. The Hall–Kier alpha value is -3.00. The van der Waals surface area contributed by atoms with Crippen molar-refractivity contribution in [1.82, 2.24) is 0 Å². The molecule has 5 heteroatoms. The molecule has 0 aliphatic carbocycles. The first kappa shape index (κ1) is 13.4. The Labute approximate surface area is 116 Å². The van der Waals surface area contributed by atoms with Gasteiger partial charge in [0.2, 0.25) is 0 Å². The number of carbonyl (C=O) groups excluding carboxylic acids is 1. The maximum atomic E-state index is 12.2. The lowest BCUT2D eigenvalue weighted by Gasteiger charge is -2.10. The molecule has 2 aromatic carbocycles. The fourth-order valence-electron chi connectivity index (χ4n) is 1.72. The number of methoxy groups -OCH3 is 1. The smallest absolute Gasteiger partial charge is 0.259 e. The number of benzene rings is 2. The fraction of sp³-hybridized carbons (Fsp3) is 0.0667. The van der Waals surface area contributed by atoms with Crippen LogP contribution in [0.4, 0.5) is 11.4 Å². The zero-order chi connectivity index (χ0) is 14.5. The molecule has 5 nitrogen and oxygen atoms in total. The van der Waals surface area contributed by atoms with Crippen LogP contribution in [0.2, 0.25) is 0 Å². The van der Waals surface area contributed by atoms with E-state index in [0.717, 1.165) is 0 Å². The lowest BCUT2D eigenvalue weighted by Crippen LogP contribution is -2.13. The van der Waals surface area contributed by atoms with Crippen molar-refractivity contribution in [2.24, 2.45) is 0 Å². The molecule has 100 valence electrons. The van der Waals surface area contributed by atoms with Gasteiger partial charge in [-0.15, -0.1) is 0 Å². The van der Waals surface area contributed by atoms with E-state index in [0.29, 0.717) is 28.3 Å². The summed E-state index contributed by atoms with van der Waals surface area (Å²) in [6.07, 6.45) is 0. The number of carbonyl (C=O) groups is 1. The van der Waals surface area contributed by atoms with E-state index in [1.807, 2.05) is 6.07 Å². The average Bonchev–Trinajstić information content (AvgIpc) is 2.47. The Balaban J connectivity index is 2.21. The molecule has 2 aromatic rings. The highest BCUT2D eigenvalue weighted by molar-refractivity contribution is 6.06. The zero-order valence-corrected chi connectivity index (χ0v) is 10.9. The van der Waals surface area contributed by atoms with E-state index in [4.69, 9.17) is 15.7 Å². The average molecular weight is 267 g/mol. The monoisotopic (exact) mass is 267 g/mol. The summed E-state index contributed by atoms with van der Waals surface area (Å²) in [4.78, 5) is 12.2. The van der Waals surface area contributed by atoms with Gasteiger partial charge in [-0.25, -0.2) is 0 Å². The van der Waals surface area contributed by atoms with Crippen LogP contribution in [-0.2, 0) is 0 Å². The molecule has 2 rings (SSSR count). The van der Waals surface area contributed by atoms with Crippen molar-refractivity contribution in [3.05, 3.63) is 53.6 Å². The van der Waals surface area contributed by atoms with Crippen molar-refractivity contribution in [3.8, 4) is 11.8 Å². The predicted molar refractivity (Wildman–Crippen MR) is 76.5 cm³/mol. The summed E-state index contributed by atoms with van der Waals surface area (Å²) in [7, 11) is 1.48. The third-order valence-corrected chi connectivity index (χ3v) is 2.74. The van der Waals surface area contributed by atoms with Crippen LogP contribution in [0.5, 0.6) is 5.75 Å². The first-order valence-electron chi connectivity index (χ1n) is 5.89. The normalized spacial score (nSPS) is 9.60. The van der Waals surface area contributed by atoms with Gasteiger partial charge in [-0.2, -0.15) is 5.26 Å². The minimum Gasteiger partial charge on any atom is -0.496 e. The number of hydrogen-bond acceptors (Lipinski definition) is 4. The lowest BCUT2D eigenvalue weighted by atomic mass is 10.1. The minimum atomic E-state index is -0.299. The van der Waals surface area contributed by atoms with E-state index in [2.05, 4.69) is 5.32 Å². The summed E-state index contributed by atoms with van der Waals surface area (Å²) in [6, 6.07) is 13.5. The largest absolute Gasteiger partial charge is 0.496 e. The van der Waals surface area contributed by atoms with Gasteiger partial charge in [-0.05, 0) is 36.4 Å². The molecule has 0 atom stereocenters. The molecule has 3 N–H and O–H groups in total. The first-order valence-corrected chi connectivity index (χ1v) is 5.89. The van der Waals surface area contributed by atoms with Gasteiger partial charge in [-0.1, -0.05) is 0 Å². The van der Waals surface area contributed by atoms with Gasteiger partial charge in [0.1, 0.15) is 5.75 Å². The van der Waals surface area contributed by atoms with Gasteiger partial charge >= 0.3 is 0 Å². The minimum absolute atomic E-state index is 0.299. The number of anilines is 2. The molecular formula is C15H13N3O2. The third kappa shape index (κ3) is 2.87. The van der Waals surface area contributed by atoms with Crippen molar-refractivity contribution in [2.45, 2.75) is 0 Å². The Morgan fingerprint density at radius 1 is 1.25 bits per heavy atom. The molecule has 0 heterocycles. The molecule has 0 radical (unpaired) electrons. The van der Waals surface area contributed by atoms with E-state index in [-0.39, 0.29) is 5.91 Å². The Kier molecular flexibility index (Phi) is 3.87. The van der Waals surface area contributed by atoms with E-state index in [1.165, 1.54) is 7.11 Å². The standard InChI is InChI=1S/C15H13N3O2/c1-20-14-8-11(17)4-7-13(14)15(19)18-12-5-2-10(9-16)3-6-12/h2-8H,17H2,1H3,(H,18,19). The van der Waals surface area contributed by atoms with Crippen molar-refractivity contribution < 1.29 is 9.53 Å². The van der Waals surface area contributed by atoms with Gasteiger partial charge in [0, 0.05) is 17.4 Å². The lowest BCUT2D eigenvalue weighted by molar-refractivity contribution is 0.102. The number of rotatable bonds is 3. The molecule has 20 heavy (non-hydrogen) atoms. The molecular weight excluding hydrogens is 254 g/mol. The second-order valence-corrected chi connectivity index (χ2v) is 4.10. The summed E-state index contributed by atoms with van der Waals surface area (Å²) in [5, 5.41) is 11.5. The fourth-order valence-corrected chi connectivity index (χ4v) is 1.72. The van der Waals surface area contributed by atoms with Crippen LogP contribution < -0.4 is 15.8 Å². The molecule has 0 aromatic heterocycles. The number of amides is 1. The van der Waals surface area contributed by atoms with Crippen LogP contribution in [0.15, 0.2) is 42.5 Å². The highest BCUT2D eigenvalue weighted by atomic mass is 16.5. The van der Waals surface area contributed by atoms with Gasteiger partial charge in [0.05, 0.1) is 24.3 Å². The SMILES string of the molecule is COc1cc(N)ccc1C(=O)Nc1ccc(C#N)cc1. The zero-order valence-electron chi connectivity index (χ0n) is 10.9.